The number of carbonyl (C=O) groups is 1. The van der Waals surface area contributed by atoms with Crippen molar-refractivity contribution in [1.82, 2.24) is 9.99 Å². The molecule has 0 bridgehead atoms. The van der Waals surface area contributed by atoms with Gasteiger partial charge in [0, 0.05) is 29.1 Å². The SMILES string of the molecule is COc1ccc(OC)c(N(CC(=O)N/N=C\c2cc(C)n(-c3c(C)cccc3C)c2C)S(=O)(=O)c2ccc(OC)c(OC)c2)c1. The molecule has 4 aromatic rings. The van der Waals surface area contributed by atoms with Crippen molar-refractivity contribution >= 4 is 27.8 Å². The van der Waals surface area contributed by atoms with Gasteiger partial charge < -0.3 is 23.5 Å². The maximum absolute atomic E-state index is 14.1. The van der Waals surface area contributed by atoms with Gasteiger partial charge in [0.25, 0.3) is 15.9 Å². The summed E-state index contributed by atoms with van der Waals surface area (Å²) in [5, 5.41) is 4.17. The molecule has 0 radical (unpaired) electrons. The molecule has 3 aromatic carbocycles. The summed E-state index contributed by atoms with van der Waals surface area (Å²) in [6, 6.07) is 17.0. The van der Waals surface area contributed by atoms with E-state index in [9.17, 15) is 13.2 Å². The number of hydrogen-bond acceptors (Lipinski definition) is 8. The molecular formula is C33H38N4O7S. The average molecular weight is 635 g/mol. The van der Waals surface area contributed by atoms with Gasteiger partial charge in [0.05, 0.1) is 50.9 Å². The molecule has 4 rings (SSSR count). The third kappa shape index (κ3) is 6.75. The minimum absolute atomic E-state index is 0.0999. The summed E-state index contributed by atoms with van der Waals surface area (Å²) in [4.78, 5) is 13.2. The van der Waals surface area contributed by atoms with Gasteiger partial charge in [0.2, 0.25) is 0 Å². The highest BCUT2D eigenvalue weighted by atomic mass is 32.2. The molecule has 1 amide bonds. The number of rotatable bonds is 12. The van der Waals surface area contributed by atoms with Crippen LogP contribution in [0, 0.1) is 27.7 Å². The average Bonchev–Trinajstić information content (AvgIpc) is 3.30. The Hall–Kier alpha value is -4.97. The highest BCUT2D eigenvalue weighted by Gasteiger charge is 2.31. The Kier molecular flexibility index (Phi) is 10.1. The smallest absolute Gasteiger partial charge is 0.265 e. The predicted octanol–water partition coefficient (Wildman–Crippen LogP) is 5.09. The number of ether oxygens (including phenoxy) is 4. The molecule has 0 saturated carbocycles. The van der Waals surface area contributed by atoms with Gasteiger partial charge in [-0.1, -0.05) is 18.2 Å². The summed E-state index contributed by atoms with van der Waals surface area (Å²) in [7, 11) is 1.38. The molecule has 0 aliphatic carbocycles. The highest BCUT2D eigenvalue weighted by Crippen LogP contribution is 2.37. The molecule has 0 saturated heterocycles. The first-order valence-electron chi connectivity index (χ1n) is 14.0. The van der Waals surface area contributed by atoms with Gasteiger partial charge in [-0.2, -0.15) is 5.10 Å². The van der Waals surface area contributed by atoms with Crippen molar-refractivity contribution in [2.24, 2.45) is 5.10 Å². The lowest BCUT2D eigenvalue weighted by Gasteiger charge is -2.26. The Bertz CT molecular complexity index is 1830. The van der Waals surface area contributed by atoms with Gasteiger partial charge in [-0.15, -0.1) is 0 Å². The van der Waals surface area contributed by atoms with Crippen LogP contribution in [-0.4, -0.2) is 60.1 Å². The lowest BCUT2D eigenvalue weighted by atomic mass is 10.1. The van der Waals surface area contributed by atoms with E-state index in [1.807, 2.05) is 26.0 Å². The number of amides is 1. The first kappa shape index (κ1) is 32.9. The van der Waals surface area contributed by atoms with Crippen LogP contribution in [0.2, 0.25) is 0 Å². The van der Waals surface area contributed by atoms with Crippen LogP contribution in [0.3, 0.4) is 0 Å². The Morgan fingerprint density at radius 3 is 2.11 bits per heavy atom. The Balaban J connectivity index is 1.67. The quantitative estimate of drug-likeness (QED) is 0.170. The zero-order valence-electron chi connectivity index (χ0n) is 26.7. The largest absolute Gasteiger partial charge is 0.497 e. The molecule has 0 aliphatic rings. The number of aromatic nitrogens is 1. The molecular weight excluding hydrogens is 596 g/mol. The van der Waals surface area contributed by atoms with Gasteiger partial charge in [-0.3, -0.25) is 9.10 Å². The number of nitrogens with one attached hydrogen (secondary N) is 1. The second-order valence-corrected chi connectivity index (χ2v) is 12.1. The number of aryl methyl sites for hydroxylation is 3. The molecule has 0 spiro atoms. The van der Waals surface area contributed by atoms with Crippen molar-refractivity contribution in [3.63, 3.8) is 0 Å². The van der Waals surface area contributed by atoms with Crippen molar-refractivity contribution in [1.29, 1.82) is 0 Å². The predicted molar refractivity (Wildman–Crippen MR) is 174 cm³/mol. The number of anilines is 1. The van der Waals surface area contributed by atoms with Gasteiger partial charge in [0.1, 0.15) is 18.0 Å². The van der Waals surface area contributed by atoms with Gasteiger partial charge in [-0.05, 0) is 69.2 Å². The zero-order valence-corrected chi connectivity index (χ0v) is 27.5. The van der Waals surface area contributed by atoms with Crippen LogP contribution >= 0.6 is 0 Å². The second-order valence-electron chi connectivity index (χ2n) is 10.3. The fourth-order valence-electron chi connectivity index (χ4n) is 5.16. The lowest BCUT2D eigenvalue weighted by molar-refractivity contribution is -0.119. The first-order chi connectivity index (χ1) is 21.5. The number of sulfonamides is 1. The molecule has 1 heterocycles. The second kappa shape index (κ2) is 13.8. The van der Waals surface area contributed by atoms with E-state index in [0.29, 0.717) is 11.5 Å². The number of hydrazone groups is 1. The molecule has 0 aliphatic heterocycles. The number of para-hydroxylation sites is 1. The van der Waals surface area contributed by atoms with Crippen LogP contribution in [0.5, 0.6) is 23.0 Å². The van der Waals surface area contributed by atoms with E-state index < -0.39 is 22.5 Å². The zero-order chi connectivity index (χ0) is 32.9. The van der Waals surface area contributed by atoms with Crippen LogP contribution in [0.1, 0.15) is 28.1 Å². The normalized spacial score (nSPS) is 11.4. The van der Waals surface area contributed by atoms with E-state index in [1.54, 1.807) is 18.3 Å². The summed E-state index contributed by atoms with van der Waals surface area (Å²) in [6.07, 6.45) is 1.55. The number of carbonyl (C=O) groups excluding carboxylic acids is 1. The van der Waals surface area contributed by atoms with E-state index in [4.69, 9.17) is 18.9 Å². The number of nitrogens with zero attached hydrogens (tertiary/aromatic N) is 3. The standard InChI is InChI=1S/C33H38N4O7S/c1-21-10-9-11-22(2)33(21)37-23(3)16-25(24(37)4)19-34-35-32(38)20-36(28-17-26(41-5)12-14-29(28)42-6)45(39,40)27-13-15-30(43-7)31(18-27)44-8/h9-19H,20H2,1-8H3,(H,35,38)/b34-19-. The molecule has 1 aromatic heterocycles. The maximum atomic E-state index is 14.1. The van der Waals surface area contributed by atoms with Gasteiger partial charge >= 0.3 is 0 Å². The summed E-state index contributed by atoms with van der Waals surface area (Å²) in [5.41, 5.74) is 8.71. The lowest BCUT2D eigenvalue weighted by Crippen LogP contribution is -2.39. The molecule has 12 heteroatoms. The van der Waals surface area contributed by atoms with Crippen molar-refractivity contribution in [3.8, 4) is 28.7 Å². The fraction of sp³-hybridized carbons (Fsp3) is 0.273. The number of benzene rings is 3. The van der Waals surface area contributed by atoms with E-state index in [-0.39, 0.29) is 22.1 Å². The molecule has 0 atom stereocenters. The van der Waals surface area contributed by atoms with Gasteiger partial charge in [0.15, 0.2) is 11.5 Å². The van der Waals surface area contributed by atoms with Crippen LogP contribution < -0.4 is 28.7 Å². The molecule has 45 heavy (non-hydrogen) atoms. The van der Waals surface area contributed by atoms with E-state index in [2.05, 4.69) is 41.1 Å². The van der Waals surface area contributed by atoms with Crippen molar-refractivity contribution in [2.75, 3.05) is 39.3 Å². The van der Waals surface area contributed by atoms with E-state index in [0.717, 1.165) is 38.1 Å². The van der Waals surface area contributed by atoms with Crippen LogP contribution in [0.25, 0.3) is 5.69 Å². The number of hydrogen-bond donors (Lipinski definition) is 1. The monoisotopic (exact) mass is 634 g/mol. The van der Waals surface area contributed by atoms with Gasteiger partial charge in [-0.25, -0.2) is 13.8 Å². The molecule has 1 N–H and O–H groups in total. The highest BCUT2D eigenvalue weighted by molar-refractivity contribution is 7.92. The van der Waals surface area contributed by atoms with Crippen molar-refractivity contribution in [2.45, 2.75) is 32.6 Å². The first-order valence-corrected chi connectivity index (χ1v) is 15.4. The van der Waals surface area contributed by atoms with Crippen molar-refractivity contribution in [3.05, 3.63) is 88.7 Å². The summed E-state index contributed by atoms with van der Waals surface area (Å²) >= 11 is 0. The molecule has 238 valence electrons. The minimum atomic E-state index is -4.34. The van der Waals surface area contributed by atoms with Crippen LogP contribution in [0.15, 0.2) is 70.7 Å². The summed E-state index contributed by atoms with van der Waals surface area (Å²) in [5.74, 6) is 0.476. The molecule has 0 unspecified atom stereocenters. The topological polar surface area (TPSA) is 121 Å². The molecule has 0 fully saturated rings. The Morgan fingerprint density at radius 1 is 0.844 bits per heavy atom. The Morgan fingerprint density at radius 2 is 1.49 bits per heavy atom. The van der Waals surface area contributed by atoms with E-state index >= 15 is 0 Å². The van der Waals surface area contributed by atoms with Crippen LogP contribution in [-0.2, 0) is 14.8 Å². The van der Waals surface area contributed by atoms with Crippen LogP contribution in [0.4, 0.5) is 5.69 Å². The third-order valence-electron chi connectivity index (χ3n) is 7.41. The summed E-state index contributed by atoms with van der Waals surface area (Å²) in [6.45, 7) is 7.50. The summed E-state index contributed by atoms with van der Waals surface area (Å²) < 4.78 is 52.7. The van der Waals surface area contributed by atoms with Crippen molar-refractivity contribution < 1.29 is 32.2 Å². The minimum Gasteiger partial charge on any atom is -0.497 e. The van der Waals surface area contributed by atoms with E-state index in [1.165, 1.54) is 52.7 Å². The maximum Gasteiger partial charge on any atom is 0.265 e. The Labute approximate surface area is 264 Å². The number of methoxy groups -OCH3 is 4. The molecule has 11 nitrogen and oxygen atoms in total. The third-order valence-corrected chi connectivity index (χ3v) is 9.17. The fourth-order valence-corrected chi connectivity index (χ4v) is 6.60.